The third-order valence-corrected chi connectivity index (χ3v) is 8.18. The molecule has 6 rings (SSSR count). The van der Waals surface area contributed by atoms with Gasteiger partial charge < -0.3 is 15.0 Å². The molecule has 7 nitrogen and oxygen atoms in total. The van der Waals surface area contributed by atoms with Crippen molar-refractivity contribution in [2.24, 2.45) is 0 Å². The number of nitrogens with one attached hydrogen (secondary N) is 1. The molecule has 0 unspecified atom stereocenters. The summed E-state index contributed by atoms with van der Waals surface area (Å²) in [5, 5.41) is 7.25. The first kappa shape index (κ1) is 27.8. The average molecular weight is 576 g/mol. The van der Waals surface area contributed by atoms with E-state index in [9.17, 15) is 18.0 Å². The number of benzene rings is 3. The maximum absolute atomic E-state index is 14.2. The third-order valence-electron chi connectivity index (χ3n) is 8.18. The molecule has 0 radical (unpaired) electrons. The summed E-state index contributed by atoms with van der Waals surface area (Å²) < 4.78 is 48.7. The number of hydrogen-bond donors (Lipinski definition) is 1. The summed E-state index contributed by atoms with van der Waals surface area (Å²) in [6.07, 6.45) is -3.50. The molecule has 1 fully saturated rings. The Morgan fingerprint density at radius 1 is 0.905 bits per heavy atom. The molecule has 1 aromatic heterocycles. The molecule has 4 aromatic rings. The lowest BCUT2D eigenvalue weighted by Crippen LogP contribution is -2.50. The number of aromatic nitrogens is 2. The number of rotatable bonds is 6. The molecule has 1 saturated heterocycles. The van der Waals surface area contributed by atoms with E-state index < -0.39 is 18.3 Å². The van der Waals surface area contributed by atoms with Crippen LogP contribution in [0.5, 0.6) is 5.75 Å². The Kier molecular flexibility index (Phi) is 7.64. The highest BCUT2D eigenvalue weighted by atomic mass is 19.4. The molecule has 0 saturated carbocycles. The summed E-state index contributed by atoms with van der Waals surface area (Å²) in [7, 11) is 1.54. The van der Waals surface area contributed by atoms with Crippen LogP contribution in [-0.4, -0.2) is 65.0 Å². The van der Waals surface area contributed by atoms with Gasteiger partial charge in [-0.25, -0.2) is 4.68 Å². The summed E-state index contributed by atoms with van der Waals surface area (Å²) in [6, 6.07) is 25.0. The van der Waals surface area contributed by atoms with Crippen LogP contribution >= 0.6 is 0 Å². The Morgan fingerprint density at radius 3 is 2.05 bits per heavy atom. The minimum absolute atomic E-state index is 0.0352. The molecule has 2 atom stereocenters. The molecule has 3 aromatic carbocycles. The van der Waals surface area contributed by atoms with E-state index in [1.54, 1.807) is 29.2 Å². The molecule has 0 bridgehead atoms. The number of piperazine rings is 1. The first-order valence-electron chi connectivity index (χ1n) is 14.0. The summed E-state index contributed by atoms with van der Waals surface area (Å²) in [5.74, 6) is 0.391. The normalized spacial score (nSPS) is 19.3. The zero-order valence-corrected chi connectivity index (χ0v) is 23.2. The number of methoxy groups -OCH3 is 1. The molecule has 1 N–H and O–H groups in total. The van der Waals surface area contributed by atoms with Gasteiger partial charge in [0.15, 0.2) is 6.04 Å². The fourth-order valence-electron chi connectivity index (χ4n) is 6.01. The van der Waals surface area contributed by atoms with Crippen molar-refractivity contribution >= 4 is 11.7 Å². The fourth-order valence-corrected chi connectivity index (χ4v) is 6.01. The van der Waals surface area contributed by atoms with Gasteiger partial charge in [-0.05, 0) is 28.8 Å². The SMILES string of the molecule is COc1ccc([C@@H]2C[C@@H](C(F)(F)F)n3ncc(C(=O)N4CCN(C(c5ccccc5)c5ccccc5)CC4)c3N2)cc1. The van der Waals surface area contributed by atoms with Gasteiger partial charge in [0.1, 0.15) is 17.1 Å². The van der Waals surface area contributed by atoms with Crippen molar-refractivity contribution in [2.45, 2.75) is 30.7 Å². The lowest BCUT2D eigenvalue weighted by molar-refractivity contribution is -0.173. The summed E-state index contributed by atoms with van der Waals surface area (Å²) in [4.78, 5) is 17.8. The van der Waals surface area contributed by atoms with E-state index in [0.717, 1.165) is 4.68 Å². The van der Waals surface area contributed by atoms with Gasteiger partial charge in [0.2, 0.25) is 0 Å². The predicted octanol–water partition coefficient (Wildman–Crippen LogP) is 6.10. The highest BCUT2D eigenvalue weighted by Crippen LogP contribution is 2.44. The number of anilines is 1. The second-order valence-corrected chi connectivity index (χ2v) is 10.7. The Bertz CT molecular complexity index is 1460. The van der Waals surface area contributed by atoms with E-state index in [2.05, 4.69) is 39.6 Å². The molecule has 0 aliphatic carbocycles. The number of carbonyl (C=O) groups excluding carboxylic acids is 1. The standard InChI is InChI=1S/C32H32F3N5O2/c1-42-25-14-12-22(13-15-25)27-20-28(32(33,34)35)40-30(37-27)26(21-36-40)31(41)39-18-16-38(17-19-39)29(23-8-4-2-5-9-23)24-10-6-3-7-11-24/h2-15,21,27-29,37H,16-20H2,1H3/t27-,28-/m0/s1. The minimum atomic E-state index is -4.52. The topological polar surface area (TPSA) is 62.6 Å². The molecule has 2 aliphatic rings. The van der Waals surface area contributed by atoms with Crippen molar-refractivity contribution in [3.8, 4) is 5.75 Å². The molecule has 10 heteroatoms. The number of nitrogens with zero attached hydrogens (tertiary/aromatic N) is 4. The lowest BCUT2D eigenvalue weighted by Gasteiger charge is -2.40. The van der Waals surface area contributed by atoms with Crippen molar-refractivity contribution in [2.75, 3.05) is 38.6 Å². The van der Waals surface area contributed by atoms with Gasteiger partial charge in [-0.15, -0.1) is 0 Å². The average Bonchev–Trinajstić information content (AvgIpc) is 3.45. The van der Waals surface area contributed by atoms with E-state index >= 15 is 0 Å². The smallest absolute Gasteiger partial charge is 0.410 e. The van der Waals surface area contributed by atoms with E-state index in [0.29, 0.717) is 37.5 Å². The first-order valence-corrected chi connectivity index (χ1v) is 14.0. The molecule has 42 heavy (non-hydrogen) atoms. The summed E-state index contributed by atoms with van der Waals surface area (Å²) in [5.41, 5.74) is 3.17. The number of ether oxygens (including phenoxy) is 1. The van der Waals surface area contributed by atoms with E-state index in [1.807, 2.05) is 36.4 Å². The Balaban J connectivity index is 1.23. The highest BCUT2D eigenvalue weighted by Gasteiger charge is 2.47. The Labute approximate surface area is 242 Å². The maximum atomic E-state index is 14.2. The molecule has 218 valence electrons. The van der Waals surface area contributed by atoms with Crippen LogP contribution < -0.4 is 10.1 Å². The second kappa shape index (κ2) is 11.5. The van der Waals surface area contributed by atoms with Crippen molar-refractivity contribution in [3.05, 3.63) is 113 Å². The third kappa shape index (κ3) is 5.46. The molecule has 1 amide bonds. The quantitative estimate of drug-likeness (QED) is 0.301. The minimum Gasteiger partial charge on any atom is -0.497 e. The fraction of sp³-hybridized carbons (Fsp3) is 0.312. The number of alkyl halides is 3. The predicted molar refractivity (Wildman–Crippen MR) is 153 cm³/mol. The number of fused-ring (bicyclic) bond motifs is 1. The second-order valence-electron chi connectivity index (χ2n) is 10.7. The van der Waals surface area contributed by atoms with Gasteiger partial charge in [0, 0.05) is 32.6 Å². The van der Waals surface area contributed by atoms with E-state index in [-0.39, 0.29) is 29.8 Å². The Hall–Kier alpha value is -4.31. The van der Waals surface area contributed by atoms with Crippen LogP contribution in [0.25, 0.3) is 0 Å². The first-order chi connectivity index (χ1) is 20.3. The van der Waals surface area contributed by atoms with Crippen LogP contribution in [0, 0.1) is 0 Å². The van der Waals surface area contributed by atoms with Crippen LogP contribution in [0.4, 0.5) is 19.0 Å². The maximum Gasteiger partial charge on any atom is 0.410 e. The van der Waals surface area contributed by atoms with Gasteiger partial charge in [-0.2, -0.15) is 18.3 Å². The van der Waals surface area contributed by atoms with Gasteiger partial charge in [0.25, 0.3) is 5.91 Å². The molecular formula is C32H32F3N5O2. The van der Waals surface area contributed by atoms with Crippen molar-refractivity contribution < 1.29 is 22.7 Å². The highest BCUT2D eigenvalue weighted by molar-refractivity contribution is 5.99. The van der Waals surface area contributed by atoms with Crippen LogP contribution in [0.1, 0.15) is 51.6 Å². The van der Waals surface area contributed by atoms with Crippen LogP contribution in [0.15, 0.2) is 91.1 Å². The number of carbonyl (C=O) groups is 1. The largest absolute Gasteiger partial charge is 0.497 e. The van der Waals surface area contributed by atoms with Gasteiger partial charge in [0.05, 0.1) is 25.4 Å². The zero-order chi connectivity index (χ0) is 29.3. The summed E-state index contributed by atoms with van der Waals surface area (Å²) >= 11 is 0. The van der Waals surface area contributed by atoms with Gasteiger partial charge in [-0.1, -0.05) is 72.8 Å². The van der Waals surface area contributed by atoms with Crippen molar-refractivity contribution in [3.63, 3.8) is 0 Å². The van der Waals surface area contributed by atoms with Crippen LogP contribution in [-0.2, 0) is 0 Å². The van der Waals surface area contributed by atoms with Crippen molar-refractivity contribution in [1.82, 2.24) is 19.6 Å². The van der Waals surface area contributed by atoms with Crippen LogP contribution in [0.3, 0.4) is 0 Å². The van der Waals surface area contributed by atoms with Crippen molar-refractivity contribution in [1.29, 1.82) is 0 Å². The lowest BCUT2D eigenvalue weighted by atomic mass is 9.96. The molecule has 2 aliphatic heterocycles. The Morgan fingerprint density at radius 2 is 1.50 bits per heavy atom. The number of hydrogen-bond acceptors (Lipinski definition) is 5. The zero-order valence-electron chi connectivity index (χ0n) is 23.2. The van der Waals surface area contributed by atoms with E-state index in [1.165, 1.54) is 24.4 Å². The van der Waals surface area contributed by atoms with Crippen LogP contribution in [0.2, 0.25) is 0 Å². The number of amides is 1. The summed E-state index contributed by atoms with van der Waals surface area (Å²) in [6.45, 7) is 2.14. The van der Waals surface area contributed by atoms with Gasteiger partial charge in [-0.3, -0.25) is 9.69 Å². The molecule has 0 spiro atoms. The molecular weight excluding hydrogens is 543 g/mol. The monoisotopic (exact) mass is 575 g/mol. The van der Waals surface area contributed by atoms with E-state index in [4.69, 9.17) is 4.74 Å². The number of halogens is 3. The van der Waals surface area contributed by atoms with Gasteiger partial charge >= 0.3 is 6.18 Å². The molecule has 3 heterocycles.